The molecule has 2 aliphatic rings. The first-order valence-electron chi connectivity index (χ1n) is 7.16. The molecule has 2 amide bonds. The summed E-state index contributed by atoms with van der Waals surface area (Å²) in [6, 6.07) is -0.270. The Kier molecular flexibility index (Phi) is 4.67. The third-order valence-electron chi connectivity index (χ3n) is 4.43. The van der Waals surface area contributed by atoms with E-state index in [0.29, 0.717) is 43.7 Å². The lowest BCUT2D eigenvalue weighted by Gasteiger charge is -2.35. The largest absolute Gasteiger partial charge is 0.479 e. The van der Waals surface area contributed by atoms with Crippen molar-refractivity contribution in [1.29, 1.82) is 0 Å². The molecule has 2 rings (SSSR count). The fraction of sp³-hybridized carbons (Fsp3) is 0.846. The fourth-order valence-electron chi connectivity index (χ4n) is 3.11. The summed E-state index contributed by atoms with van der Waals surface area (Å²) >= 11 is 0. The van der Waals surface area contributed by atoms with Gasteiger partial charge in [-0.15, -0.1) is 0 Å². The lowest BCUT2D eigenvalue weighted by atomic mass is 9.93. The van der Waals surface area contributed by atoms with Crippen LogP contribution in [0, 0.1) is 0 Å². The van der Waals surface area contributed by atoms with Crippen LogP contribution in [0.2, 0.25) is 0 Å². The number of nitrogens with zero attached hydrogens (tertiary/aromatic N) is 1. The Morgan fingerprint density at radius 1 is 1.40 bits per heavy atom. The highest BCUT2D eigenvalue weighted by Gasteiger charge is 2.48. The number of rotatable bonds is 3. The fourth-order valence-corrected chi connectivity index (χ4v) is 4.41. The highest BCUT2D eigenvalue weighted by atomic mass is 32.2. The van der Waals surface area contributed by atoms with Crippen LogP contribution in [0.25, 0.3) is 0 Å². The molecule has 20 heavy (non-hydrogen) atoms. The molecular formula is C13H22N2O4S. The van der Waals surface area contributed by atoms with Gasteiger partial charge >= 0.3 is 12.0 Å². The minimum Gasteiger partial charge on any atom is -0.479 e. The van der Waals surface area contributed by atoms with E-state index in [1.54, 1.807) is 0 Å². The van der Waals surface area contributed by atoms with Gasteiger partial charge in [0, 0.05) is 34.9 Å². The Labute approximate surface area is 121 Å². The maximum absolute atomic E-state index is 12.3. The number of aliphatic carboxylic acids is 1. The first kappa shape index (κ1) is 15.3. The molecule has 2 fully saturated rings. The zero-order valence-corrected chi connectivity index (χ0v) is 12.6. The molecule has 6 nitrogen and oxygen atoms in total. The van der Waals surface area contributed by atoms with Gasteiger partial charge in [0.25, 0.3) is 0 Å². The molecule has 0 spiro atoms. The van der Waals surface area contributed by atoms with Gasteiger partial charge in [0.05, 0.1) is 0 Å². The second kappa shape index (κ2) is 6.11. The Morgan fingerprint density at radius 3 is 2.60 bits per heavy atom. The van der Waals surface area contributed by atoms with Crippen molar-refractivity contribution in [3.8, 4) is 0 Å². The van der Waals surface area contributed by atoms with Crippen LogP contribution in [0.5, 0.6) is 0 Å². The molecule has 2 saturated heterocycles. The summed E-state index contributed by atoms with van der Waals surface area (Å²) in [6.07, 6.45) is 3.07. The summed E-state index contributed by atoms with van der Waals surface area (Å²) in [5.41, 5.74) is -1.05. The van der Waals surface area contributed by atoms with E-state index >= 15 is 0 Å². The van der Waals surface area contributed by atoms with Crippen LogP contribution in [0.4, 0.5) is 4.79 Å². The molecule has 7 heteroatoms. The highest BCUT2D eigenvalue weighted by molar-refractivity contribution is 7.85. The number of carboxylic acid groups (broad SMARTS) is 1. The van der Waals surface area contributed by atoms with Crippen molar-refractivity contribution in [1.82, 2.24) is 10.2 Å². The van der Waals surface area contributed by atoms with Crippen LogP contribution in [0.3, 0.4) is 0 Å². The van der Waals surface area contributed by atoms with Crippen LogP contribution in [-0.2, 0) is 15.6 Å². The van der Waals surface area contributed by atoms with Crippen molar-refractivity contribution in [2.45, 2.75) is 50.6 Å². The number of hydrogen-bond acceptors (Lipinski definition) is 3. The molecule has 1 unspecified atom stereocenters. The maximum Gasteiger partial charge on any atom is 0.329 e. The molecule has 0 aliphatic carbocycles. The minimum absolute atomic E-state index is 0.0177. The first-order chi connectivity index (χ1) is 9.49. The Morgan fingerprint density at radius 2 is 2.05 bits per heavy atom. The van der Waals surface area contributed by atoms with Gasteiger partial charge in [-0.1, -0.05) is 6.92 Å². The monoisotopic (exact) mass is 302 g/mol. The van der Waals surface area contributed by atoms with Crippen LogP contribution >= 0.6 is 0 Å². The van der Waals surface area contributed by atoms with E-state index in [-0.39, 0.29) is 12.1 Å². The van der Waals surface area contributed by atoms with Crippen LogP contribution in [0.15, 0.2) is 0 Å². The summed E-state index contributed by atoms with van der Waals surface area (Å²) in [5.74, 6) is 0.309. The average Bonchev–Trinajstić information content (AvgIpc) is 2.86. The van der Waals surface area contributed by atoms with Gasteiger partial charge < -0.3 is 15.3 Å². The van der Waals surface area contributed by atoms with E-state index in [1.165, 1.54) is 4.90 Å². The SMILES string of the molecule is CCC1(C(=O)O)CCCN1C(=O)NC1CCS(=O)CC1. The maximum atomic E-state index is 12.3. The second-order valence-electron chi connectivity index (χ2n) is 5.52. The van der Waals surface area contributed by atoms with Gasteiger partial charge in [0.2, 0.25) is 0 Å². The third kappa shape index (κ3) is 2.82. The third-order valence-corrected chi connectivity index (χ3v) is 5.81. The molecule has 0 saturated carbocycles. The number of amides is 2. The molecule has 2 heterocycles. The van der Waals surface area contributed by atoms with Crippen molar-refractivity contribution in [2.75, 3.05) is 18.1 Å². The number of likely N-dealkylation sites (tertiary alicyclic amines) is 1. The number of nitrogens with one attached hydrogen (secondary N) is 1. The van der Waals surface area contributed by atoms with E-state index in [9.17, 15) is 18.9 Å². The molecule has 0 aromatic heterocycles. The molecule has 0 aromatic carbocycles. The van der Waals surface area contributed by atoms with Gasteiger partial charge in [-0.25, -0.2) is 9.59 Å². The quantitative estimate of drug-likeness (QED) is 0.812. The van der Waals surface area contributed by atoms with Crippen molar-refractivity contribution >= 4 is 22.8 Å². The number of hydrogen-bond donors (Lipinski definition) is 2. The Bertz CT molecular complexity index is 419. The molecule has 1 atom stereocenters. The summed E-state index contributed by atoms with van der Waals surface area (Å²) < 4.78 is 11.3. The Hall–Kier alpha value is -1.11. The lowest BCUT2D eigenvalue weighted by Crippen LogP contribution is -2.57. The van der Waals surface area contributed by atoms with Crippen molar-refractivity contribution < 1.29 is 18.9 Å². The smallest absolute Gasteiger partial charge is 0.329 e. The summed E-state index contributed by atoms with van der Waals surface area (Å²) in [6.45, 7) is 2.30. The van der Waals surface area contributed by atoms with E-state index < -0.39 is 22.3 Å². The van der Waals surface area contributed by atoms with Crippen LogP contribution in [-0.4, -0.2) is 55.8 Å². The van der Waals surface area contributed by atoms with Gasteiger partial charge in [-0.3, -0.25) is 4.21 Å². The van der Waals surface area contributed by atoms with E-state index in [0.717, 1.165) is 6.42 Å². The van der Waals surface area contributed by atoms with Gasteiger partial charge in [0.1, 0.15) is 5.54 Å². The summed E-state index contributed by atoms with van der Waals surface area (Å²) in [4.78, 5) is 25.4. The minimum atomic E-state index is -1.05. The number of carboxylic acids is 1. The molecular weight excluding hydrogens is 280 g/mol. The van der Waals surface area contributed by atoms with Gasteiger partial charge in [0.15, 0.2) is 0 Å². The molecule has 0 aromatic rings. The van der Waals surface area contributed by atoms with Crippen LogP contribution in [0.1, 0.15) is 39.0 Å². The summed E-state index contributed by atoms with van der Waals surface area (Å²) in [7, 11) is -0.761. The molecule has 114 valence electrons. The lowest BCUT2D eigenvalue weighted by molar-refractivity contribution is -0.148. The topological polar surface area (TPSA) is 86.7 Å². The number of carbonyl (C=O) groups excluding carboxylic acids is 1. The van der Waals surface area contributed by atoms with Gasteiger partial charge in [-0.2, -0.15) is 0 Å². The molecule has 2 N–H and O–H groups in total. The van der Waals surface area contributed by atoms with Crippen molar-refractivity contribution in [3.63, 3.8) is 0 Å². The second-order valence-corrected chi connectivity index (χ2v) is 7.21. The van der Waals surface area contributed by atoms with Crippen molar-refractivity contribution in [2.24, 2.45) is 0 Å². The van der Waals surface area contributed by atoms with Gasteiger partial charge in [-0.05, 0) is 32.1 Å². The zero-order chi connectivity index (χ0) is 14.8. The standard InChI is InChI=1S/C13H22N2O4S/c1-2-13(11(16)17)6-3-7-15(13)12(18)14-10-4-8-20(19)9-5-10/h10H,2-9H2,1H3,(H,14,18)(H,16,17). The molecule has 2 aliphatic heterocycles. The van der Waals surface area contributed by atoms with Crippen LogP contribution < -0.4 is 5.32 Å². The van der Waals surface area contributed by atoms with E-state index in [1.807, 2.05) is 6.92 Å². The highest BCUT2D eigenvalue weighted by Crippen LogP contribution is 2.33. The Balaban J connectivity index is 2.01. The van der Waals surface area contributed by atoms with E-state index in [2.05, 4.69) is 5.32 Å². The first-order valence-corrected chi connectivity index (χ1v) is 8.65. The average molecular weight is 302 g/mol. The predicted molar refractivity (Wildman–Crippen MR) is 76.0 cm³/mol. The zero-order valence-electron chi connectivity index (χ0n) is 11.8. The van der Waals surface area contributed by atoms with E-state index in [4.69, 9.17) is 0 Å². The predicted octanol–water partition coefficient (Wildman–Crippen LogP) is 0.936. The molecule has 0 radical (unpaired) electrons. The summed E-state index contributed by atoms with van der Waals surface area (Å²) in [5, 5.41) is 12.4. The van der Waals surface area contributed by atoms with Crippen molar-refractivity contribution in [3.05, 3.63) is 0 Å². The normalized spacial score (nSPS) is 34.0. The number of urea groups is 1. The number of carbonyl (C=O) groups is 2. The molecule has 0 bridgehead atoms.